The molecule has 1 unspecified atom stereocenters. The van der Waals surface area contributed by atoms with Crippen molar-refractivity contribution in [3.8, 4) is 0 Å². The van der Waals surface area contributed by atoms with E-state index in [1.54, 1.807) is 6.92 Å². The third kappa shape index (κ3) is 50.0. The number of ether oxygens (including phenoxy) is 4. The maximum absolute atomic E-state index is 11.1. The molecule has 16 nitrogen and oxygen atoms in total. The van der Waals surface area contributed by atoms with Gasteiger partial charge in [-0.1, -0.05) is 12.2 Å². The van der Waals surface area contributed by atoms with E-state index < -0.39 is 29.8 Å². The van der Waals surface area contributed by atoms with Crippen LogP contribution in [0.25, 0.3) is 5.53 Å². The molecule has 1 saturated heterocycles. The monoisotopic (exact) mass is 787 g/mol. The first-order valence-corrected chi connectivity index (χ1v) is 11.7. The molecule has 2 heterocycles. The molecule has 2 radical (unpaired) electrons. The molecule has 3 atom stereocenters. The van der Waals surface area contributed by atoms with Crippen molar-refractivity contribution in [1.82, 2.24) is 0 Å². The third-order valence-electron chi connectivity index (χ3n) is 3.56. The Morgan fingerprint density at radius 1 is 0.786 bits per heavy atom. The number of hydrogen-bond donors (Lipinski definition) is 4. The first-order valence-electron chi connectivity index (χ1n) is 11.7. The average Bonchev–Trinajstić information content (AvgIpc) is 3.21. The molecule has 2 aliphatic heterocycles. The number of hydrogen-bond acceptors (Lipinski definition) is 10. The number of carbonyl (C=O) groups excluding carboxylic acids is 2. The zero-order chi connectivity index (χ0) is 32.1. The molecule has 3 rings (SSSR count). The summed E-state index contributed by atoms with van der Waals surface area (Å²) in [7, 11) is 0. The zero-order valence-corrected chi connectivity index (χ0v) is 27.4. The van der Waals surface area contributed by atoms with Gasteiger partial charge in [0, 0.05) is 78.5 Å². The molecule has 0 aromatic carbocycles. The number of carbonyl (C=O) groups is 6. The van der Waals surface area contributed by atoms with Gasteiger partial charge in [0.1, 0.15) is 0 Å². The molecule has 1 saturated carbocycles. The number of rotatable bonds is 4. The predicted molar refractivity (Wildman–Crippen MR) is 139 cm³/mol. The van der Waals surface area contributed by atoms with Crippen LogP contribution < -0.4 is 0 Å². The summed E-state index contributed by atoms with van der Waals surface area (Å²) in [6, 6.07) is 0. The van der Waals surface area contributed by atoms with Crippen molar-refractivity contribution in [2.45, 2.75) is 41.5 Å². The van der Waals surface area contributed by atoms with Crippen LogP contribution in [-0.4, -0.2) is 107 Å². The summed E-state index contributed by atoms with van der Waals surface area (Å²) < 4.78 is 19.2. The summed E-state index contributed by atoms with van der Waals surface area (Å²) in [6.45, 7) is 11.8. The molecule has 250 valence electrons. The van der Waals surface area contributed by atoms with Crippen molar-refractivity contribution < 1.29 is 113 Å². The van der Waals surface area contributed by atoms with E-state index in [1.807, 2.05) is 19.1 Å². The molecule has 0 aromatic rings. The van der Waals surface area contributed by atoms with E-state index in [4.69, 9.17) is 59.3 Å². The third-order valence-corrected chi connectivity index (χ3v) is 3.56. The van der Waals surface area contributed by atoms with Crippen molar-refractivity contribution in [3.05, 3.63) is 17.7 Å². The van der Waals surface area contributed by atoms with Crippen LogP contribution in [-0.2, 0) is 86.7 Å². The van der Waals surface area contributed by atoms with Crippen LogP contribution >= 0.6 is 0 Å². The number of carboxylic acid groups (broad SMARTS) is 4. The van der Waals surface area contributed by atoms with Crippen LogP contribution in [0, 0.1) is 17.8 Å². The summed E-state index contributed by atoms with van der Waals surface area (Å²) in [6.07, 6.45) is 4.73. The normalized spacial score (nSPS) is 16.7. The van der Waals surface area contributed by atoms with Gasteiger partial charge in [0.2, 0.25) is 0 Å². The van der Waals surface area contributed by atoms with Gasteiger partial charge in [-0.2, -0.15) is 4.79 Å². The second-order valence-corrected chi connectivity index (χ2v) is 7.22. The van der Waals surface area contributed by atoms with Gasteiger partial charge in [0.05, 0.1) is 45.6 Å². The fourth-order valence-electron chi connectivity index (χ4n) is 2.39. The Balaban J connectivity index is -0.0000000730. The minimum atomic E-state index is -0.833. The zero-order valence-electron chi connectivity index (χ0n) is 25.1. The van der Waals surface area contributed by atoms with Gasteiger partial charge in [-0.3, -0.25) is 24.0 Å². The molecule has 0 amide bonds. The Labute approximate surface area is 271 Å². The second kappa shape index (κ2) is 36.1. The summed E-state index contributed by atoms with van der Waals surface area (Å²) >= 11 is 0. The van der Waals surface area contributed by atoms with Crippen molar-refractivity contribution >= 4 is 42.0 Å². The fraction of sp³-hybridized carbons (Fsp3) is 0.625. The second-order valence-electron chi connectivity index (χ2n) is 7.22. The van der Waals surface area contributed by atoms with Gasteiger partial charge < -0.3 is 46.3 Å². The first kappa shape index (κ1) is 51.8. The molecule has 0 spiro atoms. The minimum absolute atomic E-state index is 0. The van der Waals surface area contributed by atoms with Gasteiger partial charge in [0.25, 0.3) is 23.9 Å². The quantitative estimate of drug-likeness (QED) is 0.0784. The summed E-state index contributed by atoms with van der Waals surface area (Å²) in [5.74, 6) is -2.85. The van der Waals surface area contributed by atoms with Gasteiger partial charge in [0.15, 0.2) is 0 Å². The molecule has 4 N–H and O–H groups in total. The van der Waals surface area contributed by atoms with E-state index in [-0.39, 0.29) is 52.3 Å². The molecule has 18 heteroatoms. The average molecular weight is 787 g/mol. The fourth-order valence-corrected chi connectivity index (χ4v) is 2.39. The number of fused-ring (bicyclic) bond motifs is 1. The van der Waals surface area contributed by atoms with Crippen molar-refractivity contribution in [2.75, 3.05) is 39.6 Å². The van der Waals surface area contributed by atoms with Crippen molar-refractivity contribution in [2.24, 2.45) is 17.8 Å². The standard InChI is InChI=1S/C8H12O3.C4H6N2O2.C4H6O.4C2H4O2.2Rh.H/c1-2-11-8(9)7-5-3-10-4-6(5)7;1-2-8-4(7)3-6-5;1-2-4-5-3-1;4*1-2(3)4;;;/h5-7H,2-4H2,1H3;3H,2H2,1H3;1-2H,3-4H2;4*1H3,(H,3,4);;;/q;;;;;;;;;-1/t5-,6+,7?;;;;;;;;;. The van der Waals surface area contributed by atoms with Crippen molar-refractivity contribution in [3.63, 3.8) is 0 Å². The van der Waals surface area contributed by atoms with E-state index in [2.05, 4.69) is 9.53 Å². The van der Waals surface area contributed by atoms with Crippen LogP contribution in [0.1, 0.15) is 43.0 Å². The van der Waals surface area contributed by atoms with E-state index in [0.29, 0.717) is 31.3 Å². The Morgan fingerprint density at radius 2 is 1.12 bits per heavy atom. The van der Waals surface area contributed by atoms with Gasteiger partial charge in [-0.25, -0.2) is 4.79 Å². The predicted octanol–water partition coefficient (Wildman–Crippen LogP) is 1.34. The molecular formula is C24H41N2O14Rh2-. The summed E-state index contributed by atoms with van der Waals surface area (Å²) in [5, 5.41) is 29.7. The number of carboxylic acids is 4. The Morgan fingerprint density at radius 3 is 1.36 bits per heavy atom. The van der Waals surface area contributed by atoms with Crippen LogP contribution in [0.4, 0.5) is 0 Å². The molecule has 0 bridgehead atoms. The van der Waals surface area contributed by atoms with E-state index in [0.717, 1.165) is 54.1 Å². The largest absolute Gasteiger partial charge is 1.00 e. The van der Waals surface area contributed by atoms with Gasteiger partial charge in [-0.05, 0) is 13.8 Å². The number of aliphatic carboxylic acids is 4. The minimum Gasteiger partial charge on any atom is -1.00 e. The molecular weight excluding hydrogens is 746 g/mol. The SMILES string of the molecule is C1=CCOC1.CC(=O)O.CC(=O)O.CC(=O)O.CC(=O)O.CCOC(=O)C1[C@H]2COC[C@@H]12.CCOC(=O)C=[N+]=[N-].[H-].[Rh].[Rh]. The molecule has 42 heavy (non-hydrogen) atoms. The molecule has 0 aromatic heterocycles. The van der Waals surface area contributed by atoms with Gasteiger partial charge >= 0.3 is 18.2 Å². The van der Waals surface area contributed by atoms with E-state index >= 15 is 0 Å². The number of esters is 2. The van der Waals surface area contributed by atoms with Crippen molar-refractivity contribution in [1.29, 1.82) is 0 Å². The molecule has 3 aliphatic rings. The smallest absolute Gasteiger partial charge is 0.413 e. The molecule has 1 aliphatic carbocycles. The van der Waals surface area contributed by atoms with Crippen LogP contribution in [0.3, 0.4) is 0 Å². The van der Waals surface area contributed by atoms with E-state index in [9.17, 15) is 9.59 Å². The topological polar surface area (TPSA) is 257 Å². The summed E-state index contributed by atoms with van der Waals surface area (Å²) in [5.41, 5.74) is 7.73. The van der Waals surface area contributed by atoms with E-state index in [1.165, 1.54) is 0 Å². The van der Waals surface area contributed by atoms with Gasteiger partial charge in [-0.15, -0.1) is 0 Å². The Bertz CT molecular complexity index is 776. The first-order chi connectivity index (χ1) is 18.6. The number of nitrogens with zero attached hydrogens (tertiary/aromatic N) is 2. The van der Waals surface area contributed by atoms with Crippen LogP contribution in [0.5, 0.6) is 0 Å². The van der Waals surface area contributed by atoms with Crippen LogP contribution in [0.2, 0.25) is 0 Å². The Hall–Kier alpha value is -2.89. The Kier molecular flexibility index (Phi) is 44.6. The maximum atomic E-state index is 11.1. The van der Waals surface area contributed by atoms with Crippen LogP contribution in [0.15, 0.2) is 12.2 Å². The molecule has 2 fully saturated rings. The summed E-state index contributed by atoms with van der Waals surface area (Å²) in [4.78, 5) is 59.7. The maximum Gasteiger partial charge on any atom is 0.413 e.